The first-order chi connectivity index (χ1) is 17.0. The van der Waals surface area contributed by atoms with Gasteiger partial charge in [-0.15, -0.1) is 0 Å². The fourth-order valence-corrected chi connectivity index (χ4v) is 6.74. The molecule has 35 heavy (non-hydrogen) atoms. The Balaban J connectivity index is 1.29. The summed E-state index contributed by atoms with van der Waals surface area (Å²) in [5.41, 5.74) is 0. The highest BCUT2D eigenvalue weighted by molar-refractivity contribution is 4.87. The van der Waals surface area contributed by atoms with Crippen LogP contribution in [0.5, 0.6) is 0 Å². The number of nitro groups is 2. The van der Waals surface area contributed by atoms with Crippen molar-refractivity contribution in [2.75, 3.05) is 13.2 Å². The van der Waals surface area contributed by atoms with Gasteiger partial charge in [-0.05, 0) is 50.4 Å². The van der Waals surface area contributed by atoms with Crippen molar-refractivity contribution in [1.82, 2.24) is 0 Å². The Labute approximate surface area is 208 Å². The lowest BCUT2D eigenvalue weighted by Crippen LogP contribution is -2.47. The first-order valence-electron chi connectivity index (χ1n) is 14.1. The molecule has 6 atom stereocenters. The lowest BCUT2D eigenvalue weighted by Gasteiger charge is -2.37. The normalized spacial score (nSPS) is 35.5. The Kier molecular flexibility index (Phi) is 10.2. The van der Waals surface area contributed by atoms with E-state index in [0.717, 1.165) is 25.7 Å². The molecule has 4 fully saturated rings. The highest BCUT2D eigenvalue weighted by atomic mass is 16.6. The van der Waals surface area contributed by atoms with Crippen LogP contribution in [-0.4, -0.2) is 59.6 Å². The average molecular weight is 497 g/mol. The quantitative estimate of drug-likeness (QED) is 0.297. The van der Waals surface area contributed by atoms with Crippen LogP contribution in [0.4, 0.5) is 0 Å². The third-order valence-corrected chi connectivity index (χ3v) is 8.89. The van der Waals surface area contributed by atoms with Gasteiger partial charge >= 0.3 is 0 Å². The van der Waals surface area contributed by atoms with E-state index in [2.05, 4.69) is 0 Å². The standard InChI is InChI=1S/C26H44N2O7/c29-27(30)23-13-11-21(15-25(23)33-17-19-7-3-1-4-8-19)35-22-12-14-24(28(31)32)26(16-22)34-18-20-9-5-2-6-10-20/h19-26H,1-18H2. The van der Waals surface area contributed by atoms with Crippen LogP contribution in [0.15, 0.2) is 0 Å². The van der Waals surface area contributed by atoms with Gasteiger partial charge in [-0.3, -0.25) is 20.2 Å². The van der Waals surface area contributed by atoms with E-state index >= 15 is 0 Å². The van der Waals surface area contributed by atoms with Gasteiger partial charge in [-0.1, -0.05) is 38.5 Å². The predicted molar refractivity (Wildman–Crippen MR) is 131 cm³/mol. The summed E-state index contributed by atoms with van der Waals surface area (Å²) in [5.74, 6) is 1.02. The van der Waals surface area contributed by atoms with E-state index in [9.17, 15) is 20.2 Å². The molecule has 0 aromatic rings. The maximum Gasteiger partial charge on any atom is 0.239 e. The Hall–Kier alpha value is -1.32. The number of ether oxygens (including phenoxy) is 3. The molecule has 9 heteroatoms. The Morgan fingerprint density at radius 3 is 1.34 bits per heavy atom. The predicted octanol–water partition coefficient (Wildman–Crippen LogP) is 5.33. The van der Waals surface area contributed by atoms with Crippen LogP contribution < -0.4 is 0 Å². The largest absolute Gasteiger partial charge is 0.375 e. The van der Waals surface area contributed by atoms with Gasteiger partial charge in [0.05, 0.1) is 25.4 Å². The van der Waals surface area contributed by atoms with Gasteiger partial charge in [0.2, 0.25) is 12.1 Å². The minimum Gasteiger partial charge on any atom is -0.375 e. The van der Waals surface area contributed by atoms with Crippen molar-refractivity contribution < 1.29 is 24.1 Å². The molecule has 0 heterocycles. The van der Waals surface area contributed by atoms with Gasteiger partial charge in [0.15, 0.2) is 0 Å². The molecular formula is C26H44N2O7. The van der Waals surface area contributed by atoms with Gasteiger partial charge < -0.3 is 14.2 Å². The van der Waals surface area contributed by atoms with E-state index in [-0.39, 0.29) is 22.1 Å². The summed E-state index contributed by atoms with van der Waals surface area (Å²) in [6, 6.07) is -1.34. The zero-order valence-electron chi connectivity index (χ0n) is 21.1. The third kappa shape index (κ3) is 7.83. The first-order valence-corrected chi connectivity index (χ1v) is 14.1. The molecule has 4 aliphatic carbocycles. The summed E-state index contributed by atoms with van der Waals surface area (Å²) in [6.45, 7) is 1.21. The second-order valence-electron chi connectivity index (χ2n) is 11.5. The van der Waals surface area contributed by atoms with Gasteiger partial charge in [0.25, 0.3) is 0 Å². The van der Waals surface area contributed by atoms with E-state index in [1.807, 2.05) is 0 Å². The molecule has 0 N–H and O–H groups in total. The van der Waals surface area contributed by atoms with Crippen LogP contribution in [0.25, 0.3) is 0 Å². The van der Waals surface area contributed by atoms with E-state index in [1.165, 1.54) is 38.5 Å². The topological polar surface area (TPSA) is 114 Å². The summed E-state index contributed by atoms with van der Waals surface area (Å²) >= 11 is 0. The highest BCUT2D eigenvalue weighted by Crippen LogP contribution is 2.34. The highest BCUT2D eigenvalue weighted by Gasteiger charge is 2.43. The van der Waals surface area contributed by atoms with Crippen LogP contribution in [0.2, 0.25) is 0 Å². The number of nitrogens with zero attached hydrogens (tertiary/aromatic N) is 2. The van der Waals surface area contributed by atoms with Crippen LogP contribution >= 0.6 is 0 Å². The average Bonchev–Trinajstić information content (AvgIpc) is 2.87. The zero-order chi connectivity index (χ0) is 24.6. The van der Waals surface area contributed by atoms with Crippen LogP contribution in [-0.2, 0) is 14.2 Å². The second-order valence-corrected chi connectivity index (χ2v) is 11.5. The zero-order valence-corrected chi connectivity index (χ0v) is 21.1. The van der Waals surface area contributed by atoms with Crippen molar-refractivity contribution >= 4 is 0 Å². The van der Waals surface area contributed by atoms with E-state index in [4.69, 9.17) is 14.2 Å². The maximum absolute atomic E-state index is 11.7. The fourth-order valence-electron chi connectivity index (χ4n) is 6.74. The van der Waals surface area contributed by atoms with E-state index in [1.54, 1.807) is 0 Å². The second kappa shape index (κ2) is 13.3. The summed E-state index contributed by atoms with van der Waals surface area (Å²) in [4.78, 5) is 23.0. The van der Waals surface area contributed by atoms with Crippen molar-refractivity contribution in [2.45, 2.75) is 139 Å². The third-order valence-electron chi connectivity index (χ3n) is 8.89. The molecule has 6 unspecified atom stereocenters. The molecule has 0 bridgehead atoms. The molecule has 0 saturated heterocycles. The summed E-state index contributed by atoms with van der Waals surface area (Å²) in [6.07, 6.45) is 14.3. The first kappa shape index (κ1) is 26.7. The molecule has 4 saturated carbocycles. The van der Waals surface area contributed by atoms with Crippen LogP contribution in [0.3, 0.4) is 0 Å². The van der Waals surface area contributed by atoms with Gasteiger partial charge in [0.1, 0.15) is 12.2 Å². The molecular weight excluding hydrogens is 452 g/mol. The molecule has 200 valence electrons. The molecule has 9 nitrogen and oxygen atoms in total. The monoisotopic (exact) mass is 496 g/mol. The Bertz CT molecular complexity index is 625. The van der Waals surface area contributed by atoms with Crippen molar-refractivity contribution in [3.8, 4) is 0 Å². The Morgan fingerprint density at radius 2 is 0.971 bits per heavy atom. The van der Waals surface area contributed by atoms with Crippen LogP contribution in [0.1, 0.15) is 103 Å². The van der Waals surface area contributed by atoms with Crippen molar-refractivity contribution in [3.63, 3.8) is 0 Å². The Morgan fingerprint density at radius 1 is 0.571 bits per heavy atom. The SMILES string of the molecule is O=[N+]([O-])C1CCC(OC2CCC([N+](=O)[O-])C(OCC3CCCCC3)C2)CC1OCC1CCCCC1. The van der Waals surface area contributed by atoms with E-state index < -0.39 is 24.3 Å². The molecule has 0 aromatic heterocycles. The summed E-state index contributed by atoms with van der Waals surface area (Å²) < 4.78 is 18.7. The van der Waals surface area contributed by atoms with Crippen LogP contribution in [0, 0.1) is 32.1 Å². The van der Waals surface area contributed by atoms with E-state index in [0.29, 0.717) is 63.6 Å². The number of rotatable bonds is 10. The van der Waals surface area contributed by atoms with Crippen molar-refractivity contribution in [2.24, 2.45) is 11.8 Å². The minimum atomic E-state index is -0.671. The lowest BCUT2D eigenvalue weighted by atomic mass is 9.87. The molecule has 4 rings (SSSR count). The molecule has 0 amide bonds. The summed E-state index contributed by atoms with van der Waals surface area (Å²) in [7, 11) is 0. The fraction of sp³-hybridized carbons (Fsp3) is 1.00. The minimum absolute atomic E-state index is 0.0984. The smallest absolute Gasteiger partial charge is 0.239 e. The number of hydrogen-bond donors (Lipinski definition) is 0. The van der Waals surface area contributed by atoms with Gasteiger partial charge in [-0.25, -0.2) is 0 Å². The molecule has 4 aliphatic rings. The lowest BCUT2D eigenvalue weighted by molar-refractivity contribution is -0.542. The summed E-state index contributed by atoms with van der Waals surface area (Å²) in [5, 5.41) is 23.3. The van der Waals surface area contributed by atoms with Gasteiger partial charge in [0, 0.05) is 35.5 Å². The van der Waals surface area contributed by atoms with Crippen molar-refractivity contribution in [3.05, 3.63) is 20.2 Å². The molecule has 0 aromatic carbocycles. The number of hydrogen-bond acceptors (Lipinski definition) is 7. The molecule has 0 aliphatic heterocycles. The maximum atomic E-state index is 11.7. The molecule has 0 spiro atoms. The van der Waals surface area contributed by atoms with Crippen molar-refractivity contribution in [1.29, 1.82) is 0 Å². The van der Waals surface area contributed by atoms with Gasteiger partial charge in [-0.2, -0.15) is 0 Å². The molecule has 0 radical (unpaired) electrons.